The summed E-state index contributed by atoms with van der Waals surface area (Å²) in [7, 11) is -3.57. The average molecular weight is 538 g/mol. The predicted octanol–water partition coefficient (Wildman–Crippen LogP) is 3.26. The maximum Gasteiger partial charge on any atom is 0.428 e. The van der Waals surface area contributed by atoms with Gasteiger partial charge in [0, 0.05) is 28.6 Å². The maximum absolute atomic E-state index is 15.1. The fourth-order valence-corrected chi connectivity index (χ4v) is 4.64. The molecule has 1 amide bonds. The lowest BCUT2D eigenvalue weighted by atomic mass is 9.90. The van der Waals surface area contributed by atoms with Crippen molar-refractivity contribution in [2.75, 3.05) is 25.1 Å². The number of aromatic nitrogens is 1. The molecule has 0 spiro atoms. The highest BCUT2D eigenvalue weighted by Crippen LogP contribution is 2.48. The third kappa shape index (κ3) is 4.84. The summed E-state index contributed by atoms with van der Waals surface area (Å²) in [5.74, 6) is -2.46. The van der Waals surface area contributed by atoms with E-state index in [4.69, 9.17) is 16.4 Å². The molecule has 4 rings (SSSR count). The number of rotatable bonds is 5. The first-order valence-corrected chi connectivity index (χ1v) is 12.4. The minimum Gasteiger partial charge on any atom is -0.334 e. The molecule has 2 aromatic rings. The van der Waals surface area contributed by atoms with E-state index in [2.05, 4.69) is 10.5 Å². The molecule has 14 heteroatoms. The molecule has 0 radical (unpaired) electrons. The summed E-state index contributed by atoms with van der Waals surface area (Å²) >= 11 is 5.73. The zero-order chi connectivity index (χ0) is 25.8. The van der Waals surface area contributed by atoms with Crippen LogP contribution in [0.3, 0.4) is 0 Å². The number of hydrogen-bond donors (Lipinski definition) is 1. The highest BCUT2D eigenvalue weighted by molar-refractivity contribution is 7.91. The Morgan fingerprint density at radius 3 is 2.49 bits per heavy atom. The van der Waals surface area contributed by atoms with Crippen molar-refractivity contribution in [1.82, 2.24) is 15.4 Å². The van der Waals surface area contributed by atoms with Gasteiger partial charge in [0.2, 0.25) is 11.5 Å². The zero-order valence-electron chi connectivity index (χ0n) is 17.9. The number of alkyl halides is 4. The number of nitrogens with one attached hydrogen (secondary N) is 1. The molecule has 1 aromatic carbocycles. The third-order valence-electron chi connectivity index (χ3n) is 5.54. The molecule has 0 saturated carbocycles. The van der Waals surface area contributed by atoms with Gasteiger partial charge in [-0.1, -0.05) is 11.6 Å². The van der Waals surface area contributed by atoms with E-state index in [1.165, 1.54) is 12.1 Å². The van der Waals surface area contributed by atoms with Crippen LogP contribution >= 0.6 is 11.6 Å². The van der Waals surface area contributed by atoms with Gasteiger partial charge in [0.25, 0.3) is 0 Å². The Morgan fingerprint density at radius 2 is 1.94 bits per heavy atom. The summed E-state index contributed by atoms with van der Waals surface area (Å²) in [6.07, 6.45) is -2.29. The minimum absolute atomic E-state index is 0.0804. The Labute approximate surface area is 201 Å². The lowest BCUT2D eigenvalue weighted by Crippen LogP contribution is -2.60. The number of nitrogens with zero attached hydrogens (tertiary/aromatic N) is 2. The number of sulfone groups is 1. The molecule has 1 saturated heterocycles. The number of hydroxylamine groups is 1. The van der Waals surface area contributed by atoms with Crippen LogP contribution in [-0.2, 0) is 30.7 Å². The Kier molecular flexibility index (Phi) is 6.09. The first-order chi connectivity index (χ1) is 16.1. The number of amides is 1. The van der Waals surface area contributed by atoms with E-state index in [1.807, 2.05) is 0 Å². The molecular formula is C21H17ClF5N3O4S. The summed E-state index contributed by atoms with van der Waals surface area (Å²) < 4.78 is 93.4. The van der Waals surface area contributed by atoms with Gasteiger partial charge in [-0.2, -0.15) is 13.2 Å². The second-order valence-corrected chi connectivity index (χ2v) is 10.9. The van der Waals surface area contributed by atoms with Crippen LogP contribution in [0, 0.1) is 5.82 Å². The summed E-state index contributed by atoms with van der Waals surface area (Å²) in [6, 6.07) is 4.98. The topological polar surface area (TPSA) is 88.6 Å². The van der Waals surface area contributed by atoms with Crippen molar-refractivity contribution in [1.29, 1.82) is 0 Å². The van der Waals surface area contributed by atoms with Gasteiger partial charge in [0.1, 0.15) is 11.6 Å². The van der Waals surface area contributed by atoms with Gasteiger partial charge in [-0.15, -0.1) is 0 Å². The van der Waals surface area contributed by atoms with Crippen LogP contribution in [0.1, 0.15) is 16.8 Å². The van der Waals surface area contributed by atoms with Crippen LogP contribution in [0.2, 0.25) is 5.02 Å². The second-order valence-electron chi connectivity index (χ2n) is 8.37. The highest BCUT2D eigenvalue weighted by atomic mass is 35.5. The standard InChI is InChI=1S/C21H17ClF5N3O4S/c1-35(32,33)9-18(31)30-10-19(24,11-30)17-3-2-12(8-28-17)16-7-20(34-29-16,21(25,26)27)13-4-14(22)6-15(23)5-13/h2-8,29H,9-11H2,1H3. The Hall–Kier alpha value is -2.77. The molecule has 1 fully saturated rings. The first-order valence-electron chi connectivity index (χ1n) is 9.93. The molecule has 2 aliphatic rings. The fourth-order valence-electron chi connectivity index (χ4n) is 3.78. The van der Waals surface area contributed by atoms with Crippen molar-refractivity contribution in [3.8, 4) is 0 Å². The summed E-state index contributed by atoms with van der Waals surface area (Å²) in [6.45, 7) is -0.815. The van der Waals surface area contributed by atoms with Gasteiger partial charge in [-0.25, -0.2) is 17.2 Å². The van der Waals surface area contributed by atoms with Crippen LogP contribution < -0.4 is 5.48 Å². The van der Waals surface area contributed by atoms with Crippen molar-refractivity contribution in [3.05, 3.63) is 70.3 Å². The normalized spacial score (nSPS) is 21.8. The van der Waals surface area contributed by atoms with Gasteiger partial charge < -0.3 is 4.90 Å². The average Bonchev–Trinajstić information content (AvgIpc) is 3.16. The molecule has 188 valence electrons. The lowest BCUT2D eigenvalue weighted by molar-refractivity contribution is -0.269. The van der Waals surface area contributed by atoms with Gasteiger partial charge in [0.05, 0.1) is 24.5 Å². The molecule has 35 heavy (non-hydrogen) atoms. The third-order valence-corrected chi connectivity index (χ3v) is 6.53. The number of carbonyl (C=O) groups is 1. The largest absolute Gasteiger partial charge is 0.428 e. The number of hydrogen-bond acceptors (Lipinski definition) is 6. The Morgan fingerprint density at radius 1 is 1.26 bits per heavy atom. The van der Waals surface area contributed by atoms with Crippen molar-refractivity contribution >= 4 is 33.0 Å². The molecule has 3 heterocycles. The van der Waals surface area contributed by atoms with Gasteiger partial charge >= 0.3 is 6.18 Å². The van der Waals surface area contributed by atoms with Gasteiger partial charge in [0.15, 0.2) is 15.5 Å². The SMILES string of the molecule is CS(=O)(=O)CC(=O)N1CC(F)(c2ccc(C3=CC(c4cc(F)cc(Cl)c4)(C(F)(F)F)ON3)cn2)C1. The van der Waals surface area contributed by atoms with Crippen LogP contribution in [-0.4, -0.2) is 55.5 Å². The molecule has 1 aromatic heterocycles. The van der Waals surface area contributed by atoms with E-state index in [-0.39, 0.29) is 22.0 Å². The number of pyridine rings is 1. The maximum atomic E-state index is 15.1. The monoisotopic (exact) mass is 537 g/mol. The smallest absolute Gasteiger partial charge is 0.334 e. The summed E-state index contributed by atoms with van der Waals surface area (Å²) in [5.41, 5.74) is -3.59. The van der Waals surface area contributed by atoms with Gasteiger partial charge in [-0.05, 0) is 36.4 Å². The van der Waals surface area contributed by atoms with E-state index in [9.17, 15) is 30.8 Å². The van der Waals surface area contributed by atoms with Crippen molar-refractivity contribution in [2.24, 2.45) is 0 Å². The molecule has 0 aliphatic carbocycles. The van der Waals surface area contributed by atoms with E-state index in [0.717, 1.165) is 29.5 Å². The molecule has 2 aliphatic heterocycles. The number of benzene rings is 1. The number of halogens is 6. The van der Waals surface area contributed by atoms with E-state index in [1.54, 1.807) is 0 Å². The van der Waals surface area contributed by atoms with Crippen LogP contribution in [0.4, 0.5) is 22.0 Å². The second kappa shape index (κ2) is 8.42. The summed E-state index contributed by atoms with van der Waals surface area (Å²) in [4.78, 5) is 21.8. The number of carbonyl (C=O) groups excluding carboxylic acids is 1. The molecule has 7 nitrogen and oxygen atoms in total. The van der Waals surface area contributed by atoms with E-state index >= 15 is 4.39 Å². The van der Waals surface area contributed by atoms with Crippen molar-refractivity contribution < 1.29 is 40.0 Å². The van der Waals surface area contributed by atoms with E-state index in [0.29, 0.717) is 12.1 Å². The molecule has 1 unspecified atom stereocenters. The fraction of sp³-hybridized carbons (Fsp3) is 0.333. The molecule has 1 N–H and O–H groups in total. The van der Waals surface area contributed by atoms with E-state index < -0.39 is 63.4 Å². The van der Waals surface area contributed by atoms with Crippen molar-refractivity contribution in [3.63, 3.8) is 0 Å². The molecule has 1 atom stereocenters. The van der Waals surface area contributed by atoms with Crippen LogP contribution in [0.25, 0.3) is 5.70 Å². The molecular weight excluding hydrogens is 521 g/mol. The highest BCUT2D eigenvalue weighted by Gasteiger charge is 2.60. The molecule has 0 bridgehead atoms. The summed E-state index contributed by atoms with van der Waals surface area (Å²) in [5, 5.41) is -0.252. The van der Waals surface area contributed by atoms with Crippen molar-refractivity contribution in [2.45, 2.75) is 17.4 Å². The Balaban J connectivity index is 1.56. The Bertz CT molecular complexity index is 1290. The number of likely N-dealkylation sites (tertiary alicyclic amines) is 1. The quantitative estimate of drug-likeness (QED) is 0.589. The predicted molar refractivity (Wildman–Crippen MR) is 115 cm³/mol. The lowest BCUT2D eigenvalue weighted by Gasteiger charge is -2.43. The van der Waals surface area contributed by atoms with Crippen LogP contribution in [0.5, 0.6) is 0 Å². The minimum atomic E-state index is -5.00. The zero-order valence-corrected chi connectivity index (χ0v) is 19.4. The van der Waals surface area contributed by atoms with Crippen LogP contribution in [0.15, 0.2) is 42.6 Å². The van der Waals surface area contributed by atoms with Gasteiger partial charge in [-0.3, -0.25) is 20.1 Å². The first kappa shape index (κ1) is 25.3.